The lowest BCUT2D eigenvalue weighted by molar-refractivity contribution is -0.384. The number of rotatable bonds is 6. The molecule has 0 saturated carbocycles. The molecule has 0 atom stereocenters. The average molecular weight is 311 g/mol. The molecule has 0 aliphatic carbocycles. The standard InChI is InChI=1S/C17H17N3O3/c1-13(7-8-14-5-3-2-4-6-14)18-19-17(21)15-9-11-16(12-10-15)20(22)23/h2-6,9-12H,7-8H2,1H3,(H,19,21)/b18-13+. The minimum absolute atomic E-state index is 0.0518. The molecule has 0 fully saturated rings. The second-order valence-corrected chi connectivity index (χ2v) is 5.08. The molecule has 1 N–H and O–H groups in total. The maximum absolute atomic E-state index is 11.9. The van der Waals surface area contributed by atoms with Gasteiger partial charge in [-0.15, -0.1) is 0 Å². The highest BCUT2D eigenvalue weighted by Crippen LogP contribution is 2.11. The Kier molecular flexibility index (Phi) is 5.57. The highest BCUT2D eigenvalue weighted by atomic mass is 16.6. The normalized spacial score (nSPS) is 11.1. The summed E-state index contributed by atoms with van der Waals surface area (Å²) in [7, 11) is 0. The molecule has 0 unspecified atom stereocenters. The number of carbonyl (C=O) groups is 1. The Morgan fingerprint density at radius 2 is 1.78 bits per heavy atom. The van der Waals surface area contributed by atoms with E-state index in [0.29, 0.717) is 5.56 Å². The molecule has 118 valence electrons. The zero-order valence-electron chi connectivity index (χ0n) is 12.7. The van der Waals surface area contributed by atoms with Gasteiger partial charge in [0.1, 0.15) is 0 Å². The summed E-state index contributed by atoms with van der Waals surface area (Å²) >= 11 is 0. The smallest absolute Gasteiger partial charge is 0.267 e. The van der Waals surface area contributed by atoms with E-state index in [4.69, 9.17) is 0 Å². The van der Waals surface area contributed by atoms with Crippen molar-refractivity contribution in [3.05, 3.63) is 75.8 Å². The molecule has 0 bridgehead atoms. The fourth-order valence-corrected chi connectivity index (χ4v) is 1.97. The van der Waals surface area contributed by atoms with E-state index >= 15 is 0 Å². The summed E-state index contributed by atoms with van der Waals surface area (Å²) in [5.74, 6) is -0.390. The van der Waals surface area contributed by atoms with Crippen LogP contribution in [0.25, 0.3) is 0 Å². The van der Waals surface area contributed by atoms with E-state index < -0.39 is 4.92 Å². The molecule has 0 aliphatic heterocycles. The number of benzene rings is 2. The molecular formula is C17H17N3O3. The van der Waals surface area contributed by atoms with Crippen molar-refractivity contribution >= 4 is 17.3 Å². The summed E-state index contributed by atoms with van der Waals surface area (Å²) < 4.78 is 0. The van der Waals surface area contributed by atoms with E-state index in [-0.39, 0.29) is 11.6 Å². The monoisotopic (exact) mass is 311 g/mol. The van der Waals surface area contributed by atoms with Gasteiger partial charge < -0.3 is 0 Å². The maximum Gasteiger partial charge on any atom is 0.271 e. The van der Waals surface area contributed by atoms with Gasteiger partial charge in [0.05, 0.1) is 4.92 Å². The van der Waals surface area contributed by atoms with Crippen molar-refractivity contribution < 1.29 is 9.72 Å². The Labute approximate surface area is 134 Å². The van der Waals surface area contributed by atoms with Gasteiger partial charge in [0.2, 0.25) is 0 Å². The van der Waals surface area contributed by atoms with Crippen molar-refractivity contribution in [1.82, 2.24) is 5.43 Å². The van der Waals surface area contributed by atoms with Crippen LogP contribution in [0.15, 0.2) is 59.7 Å². The molecule has 0 aliphatic rings. The van der Waals surface area contributed by atoms with Crippen molar-refractivity contribution in [3.63, 3.8) is 0 Å². The lowest BCUT2D eigenvalue weighted by Gasteiger charge is -2.03. The summed E-state index contributed by atoms with van der Waals surface area (Å²) in [5, 5.41) is 14.6. The van der Waals surface area contributed by atoms with E-state index in [1.54, 1.807) is 0 Å². The molecule has 1 amide bonds. The quantitative estimate of drug-likeness (QED) is 0.504. The predicted molar refractivity (Wildman–Crippen MR) is 88.4 cm³/mol. The van der Waals surface area contributed by atoms with Gasteiger partial charge >= 0.3 is 0 Å². The fourth-order valence-electron chi connectivity index (χ4n) is 1.97. The van der Waals surface area contributed by atoms with Crippen LogP contribution in [0, 0.1) is 10.1 Å². The number of nitro groups is 1. The summed E-state index contributed by atoms with van der Waals surface area (Å²) in [6.45, 7) is 1.85. The first-order chi connectivity index (χ1) is 11.1. The van der Waals surface area contributed by atoms with Gasteiger partial charge in [-0.05, 0) is 37.5 Å². The van der Waals surface area contributed by atoms with Crippen molar-refractivity contribution in [3.8, 4) is 0 Å². The lowest BCUT2D eigenvalue weighted by atomic mass is 10.1. The number of nitrogens with one attached hydrogen (secondary N) is 1. The summed E-state index contributed by atoms with van der Waals surface area (Å²) in [6.07, 6.45) is 1.59. The van der Waals surface area contributed by atoms with Crippen molar-refractivity contribution in [1.29, 1.82) is 0 Å². The fraction of sp³-hybridized carbons (Fsp3) is 0.176. The molecule has 0 spiro atoms. The third-order valence-electron chi connectivity index (χ3n) is 3.31. The Bertz CT molecular complexity index is 710. The van der Waals surface area contributed by atoms with Gasteiger partial charge in [-0.25, -0.2) is 5.43 Å². The number of carbonyl (C=O) groups excluding carboxylic acids is 1. The van der Waals surface area contributed by atoms with E-state index in [2.05, 4.69) is 10.5 Å². The van der Waals surface area contributed by atoms with Crippen LogP contribution in [-0.2, 0) is 6.42 Å². The SMILES string of the molecule is C/C(CCc1ccccc1)=N\NC(=O)c1ccc([N+](=O)[O-])cc1. The minimum Gasteiger partial charge on any atom is -0.267 e. The second-order valence-electron chi connectivity index (χ2n) is 5.08. The molecule has 0 radical (unpaired) electrons. The highest BCUT2D eigenvalue weighted by molar-refractivity contribution is 5.95. The number of hydrazone groups is 1. The number of nitrogens with zero attached hydrogens (tertiary/aromatic N) is 2. The molecule has 0 heterocycles. The van der Waals surface area contributed by atoms with Gasteiger partial charge in [0.15, 0.2) is 0 Å². The third kappa shape index (κ3) is 5.03. The Morgan fingerprint density at radius 3 is 2.39 bits per heavy atom. The van der Waals surface area contributed by atoms with Crippen LogP contribution >= 0.6 is 0 Å². The molecule has 2 aromatic rings. The maximum atomic E-state index is 11.9. The number of hydrogen-bond acceptors (Lipinski definition) is 4. The van der Waals surface area contributed by atoms with E-state index in [0.717, 1.165) is 18.6 Å². The zero-order valence-corrected chi connectivity index (χ0v) is 12.7. The molecule has 0 saturated heterocycles. The molecule has 2 aromatic carbocycles. The summed E-state index contributed by atoms with van der Waals surface area (Å²) in [4.78, 5) is 22.0. The highest BCUT2D eigenvalue weighted by Gasteiger charge is 2.08. The number of non-ortho nitro benzene ring substituents is 1. The molecule has 2 rings (SSSR count). The first kappa shape index (κ1) is 16.4. The van der Waals surface area contributed by atoms with Gasteiger partial charge in [-0.2, -0.15) is 5.10 Å². The Morgan fingerprint density at radius 1 is 1.13 bits per heavy atom. The van der Waals surface area contributed by atoms with Crippen LogP contribution in [0.2, 0.25) is 0 Å². The van der Waals surface area contributed by atoms with Gasteiger partial charge in [0, 0.05) is 23.4 Å². The average Bonchev–Trinajstić information content (AvgIpc) is 2.58. The molecule has 0 aromatic heterocycles. The molecule has 6 nitrogen and oxygen atoms in total. The second kappa shape index (κ2) is 7.84. The summed E-state index contributed by atoms with van der Waals surface area (Å²) in [6, 6.07) is 15.4. The number of aryl methyl sites for hydroxylation is 1. The predicted octanol–water partition coefficient (Wildman–Crippen LogP) is 3.33. The number of amides is 1. The molecule has 23 heavy (non-hydrogen) atoms. The number of hydrogen-bond donors (Lipinski definition) is 1. The first-order valence-electron chi connectivity index (χ1n) is 7.18. The van der Waals surface area contributed by atoms with Gasteiger partial charge in [-0.1, -0.05) is 30.3 Å². The van der Waals surface area contributed by atoms with E-state index in [9.17, 15) is 14.9 Å². The largest absolute Gasteiger partial charge is 0.271 e. The minimum atomic E-state index is -0.506. The third-order valence-corrected chi connectivity index (χ3v) is 3.31. The molecular weight excluding hydrogens is 294 g/mol. The number of nitro benzene ring substituents is 1. The van der Waals surface area contributed by atoms with E-state index in [1.165, 1.54) is 29.8 Å². The van der Waals surface area contributed by atoms with Gasteiger partial charge in [0.25, 0.3) is 11.6 Å². The van der Waals surface area contributed by atoms with Crippen molar-refractivity contribution in [2.75, 3.05) is 0 Å². The van der Waals surface area contributed by atoms with Crippen LogP contribution in [-0.4, -0.2) is 16.5 Å². The Balaban J connectivity index is 1.88. The van der Waals surface area contributed by atoms with E-state index in [1.807, 2.05) is 37.3 Å². The summed E-state index contributed by atoms with van der Waals surface area (Å²) in [5.41, 5.74) is 4.76. The van der Waals surface area contributed by atoms with Crippen molar-refractivity contribution in [2.24, 2.45) is 5.10 Å². The molecule has 6 heteroatoms. The topological polar surface area (TPSA) is 84.6 Å². The van der Waals surface area contributed by atoms with Crippen LogP contribution in [0.3, 0.4) is 0 Å². The zero-order chi connectivity index (χ0) is 16.7. The van der Waals surface area contributed by atoms with Crippen LogP contribution in [0.1, 0.15) is 29.3 Å². The first-order valence-corrected chi connectivity index (χ1v) is 7.18. The van der Waals surface area contributed by atoms with Crippen LogP contribution in [0.5, 0.6) is 0 Å². The van der Waals surface area contributed by atoms with Gasteiger partial charge in [-0.3, -0.25) is 14.9 Å². The van der Waals surface area contributed by atoms with Crippen molar-refractivity contribution in [2.45, 2.75) is 19.8 Å². The lowest BCUT2D eigenvalue weighted by Crippen LogP contribution is -2.19. The van der Waals surface area contributed by atoms with Crippen LogP contribution in [0.4, 0.5) is 5.69 Å². The van der Waals surface area contributed by atoms with Crippen LogP contribution < -0.4 is 5.43 Å². The Hall–Kier alpha value is -3.02.